The third kappa shape index (κ3) is 5.22. The zero-order valence-electron chi connectivity index (χ0n) is 24.7. The molecule has 2 unspecified atom stereocenters. The van der Waals surface area contributed by atoms with Crippen LogP contribution in [0.2, 0.25) is 0 Å². The van der Waals surface area contributed by atoms with Crippen molar-refractivity contribution in [2.75, 3.05) is 23.9 Å². The summed E-state index contributed by atoms with van der Waals surface area (Å²) in [6.45, 7) is 10.8. The molecule has 2 aromatic rings. The van der Waals surface area contributed by atoms with Crippen LogP contribution in [-0.4, -0.2) is 57.0 Å². The fourth-order valence-electron chi connectivity index (χ4n) is 6.98. The fourth-order valence-corrected chi connectivity index (χ4v) is 6.98. The van der Waals surface area contributed by atoms with Crippen LogP contribution < -0.4 is 21.0 Å². The Morgan fingerprint density at radius 2 is 1.88 bits per heavy atom. The molecule has 0 spiro atoms. The first-order valence-electron chi connectivity index (χ1n) is 15.3. The van der Waals surface area contributed by atoms with Crippen LogP contribution in [0.3, 0.4) is 0 Å². The highest BCUT2D eigenvalue weighted by molar-refractivity contribution is 5.86. The lowest BCUT2D eigenvalue weighted by atomic mass is 9.80. The molecule has 4 heterocycles. The van der Waals surface area contributed by atoms with Crippen LogP contribution in [0.4, 0.5) is 16.6 Å². The number of hydrogen-bond acceptors (Lipinski definition) is 9. The summed E-state index contributed by atoms with van der Waals surface area (Å²) in [5.41, 5.74) is 4.01. The molecule has 6 rings (SSSR count). The smallest absolute Gasteiger partial charge is 0.377 e. The molecule has 4 fully saturated rings. The number of anilines is 2. The Morgan fingerprint density at radius 1 is 1.10 bits per heavy atom. The number of ether oxygens (including phenoxy) is 1. The Labute approximate surface area is 237 Å². The number of amides is 1. The molecular formula is C29H46N8O3. The van der Waals surface area contributed by atoms with Gasteiger partial charge < -0.3 is 24.4 Å². The second-order valence-electron chi connectivity index (χ2n) is 13.1. The molecule has 11 heteroatoms. The van der Waals surface area contributed by atoms with E-state index in [1.807, 2.05) is 0 Å². The molecule has 0 aromatic carbocycles. The van der Waals surface area contributed by atoms with E-state index < -0.39 is 12.3 Å². The van der Waals surface area contributed by atoms with Crippen molar-refractivity contribution in [1.29, 1.82) is 0 Å². The van der Waals surface area contributed by atoms with Gasteiger partial charge in [0.15, 0.2) is 23.5 Å². The van der Waals surface area contributed by atoms with E-state index in [0.29, 0.717) is 23.3 Å². The number of aromatic nitrogens is 4. The molecule has 0 bridgehead atoms. The van der Waals surface area contributed by atoms with E-state index in [1.165, 1.54) is 44.9 Å². The van der Waals surface area contributed by atoms with Crippen molar-refractivity contribution < 1.29 is 14.4 Å². The third-order valence-corrected chi connectivity index (χ3v) is 10.0. The highest BCUT2D eigenvalue weighted by Crippen LogP contribution is 2.39. The number of fused-ring (bicyclic) bond motifs is 1. The Hall–Kier alpha value is -2.66. The molecule has 2 saturated heterocycles. The van der Waals surface area contributed by atoms with Gasteiger partial charge in [-0.05, 0) is 77.0 Å². The highest BCUT2D eigenvalue weighted by Gasteiger charge is 2.41. The van der Waals surface area contributed by atoms with Crippen LogP contribution in [0.25, 0.3) is 11.2 Å². The number of rotatable bonds is 9. The van der Waals surface area contributed by atoms with Crippen molar-refractivity contribution in [2.24, 2.45) is 17.8 Å². The molecule has 3 atom stereocenters. The third-order valence-electron chi connectivity index (χ3n) is 10.0. The normalized spacial score (nSPS) is 28.4. The van der Waals surface area contributed by atoms with Gasteiger partial charge in [-0.25, -0.2) is 14.8 Å². The molecule has 11 nitrogen and oxygen atoms in total. The molecule has 4 aliphatic rings. The lowest BCUT2D eigenvalue weighted by Crippen LogP contribution is -2.48. The number of nitrogens with zero attached hydrogens (tertiary/aromatic N) is 5. The minimum Gasteiger partial charge on any atom is -0.377 e. The lowest BCUT2D eigenvalue weighted by molar-refractivity contribution is 0.00151. The molecule has 2 aromatic heterocycles. The summed E-state index contributed by atoms with van der Waals surface area (Å²) in [7, 11) is 1.80. The van der Waals surface area contributed by atoms with Crippen molar-refractivity contribution in [3.63, 3.8) is 0 Å². The summed E-state index contributed by atoms with van der Waals surface area (Å²) >= 11 is 0. The number of carbonyl (C=O) groups is 1. The van der Waals surface area contributed by atoms with Crippen LogP contribution in [-0.2, 0) is 16.1 Å². The summed E-state index contributed by atoms with van der Waals surface area (Å²) in [5.74, 6) is 4.19. The van der Waals surface area contributed by atoms with Crippen LogP contribution >= 0.6 is 0 Å². The van der Waals surface area contributed by atoms with E-state index in [0.717, 1.165) is 49.1 Å². The lowest BCUT2D eigenvalue weighted by Gasteiger charge is -2.38. The maximum absolute atomic E-state index is 11.8. The first-order chi connectivity index (χ1) is 19.2. The number of methoxy groups -OCH3 is 1. The predicted octanol–water partition coefficient (Wildman–Crippen LogP) is 4.89. The fraction of sp³-hybridized carbons (Fsp3) is 0.793. The quantitative estimate of drug-likeness (QED) is 0.398. The number of hydrogen-bond donors (Lipinski definition) is 3. The highest BCUT2D eigenvalue weighted by atomic mass is 16.7. The molecule has 1 amide bonds. The van der Waals surface area contributed by atoms with Crippen molar-refractivity contribution in [2.45, 2.75) is 116 Å². The van der Waals surface area contributed by atoms with Crippen molar-refractivity contribution in [3.05, 3.63) is 5.82 Å². The van der Waals surface area contributed by atoms with E-state index in [2.05, 4.69) is 53.3 Å². The van der Waals surface area contributed by atoms with Gasteiger partial charge in [0.2, 0.25) is 5.95 Å². The van der Waals surface area contributed by atoms with Crippen LogP contribution in [0.1, 0.15) is 97.5 Å². The molecule has 2 aliphatic heterocycles. The molecule has 2 aliphatic carbocycles. The van der Waals surface area contributed by atoms with E-state index >= 15 is 0 Å². The minimum absolute atomic E-state index is 0.210. The first kappa shape index (κ1) is 27.5. The zero-order chi connectivity index (χ0) is 28.0. The van der Waals surface area contributed by atoms with Gasteiger partial charge in [0, 0.05) is 26.2 Å². The monoisotopic (exact) mass is 554 g/mol. The minimum atomic E-state index is -0.628. The summed E-state index contributed by atoms with van der Waals surface area (Å²) in [5, 5.41) is 6.52. The number of imidazole rings is 1. The Bertz CT molecular complexity index is 1220. The number of carbonyl (C=O) groups excluding carboxylic acids is 1. The average molecular weight is 555 g/mol. The van der Waals surface area contributed by atoms with Gasteiger partial charge in [-0.15, -0.1) is 5.48 Å². The maximum atomic E-state index is 11.8. The van der Waals surface area contributed by atoms with Crippen LogP contribution in [0, 0.1) is 17.8 Å². The van der Waals surface area contributed by atoms with Gasteiger partial charge in [-0.2, -0.15) is 4.98 Å². The second-order valence-corrected chi connectivity index (χ2v) is 13.1. The molecule has 2 saturated carbocycles. The average Bonchev–Trinajstić information content (AvgIpc) is 3.63. The SMILES string of the molecule is COC(C)(C)C1CCCN1c1nc2nc(C3NOC(=O)N3)nc(N[C@H](C)C3CCC3)c2n1CC1CCC(C)CC1. The van der Waals surface area contributed by atoms with Gasteiger partial charge in [0.05, 0.1) is 11.6 Å². The van der Waals surface area contributed by atoms with Gasteiger partial charge in [0.1, 0.15) is 5.52 Å². The van der Waals surface area contributed by atoms with Gasteiger partial charge in [-0.1, -0.05) is 26.2 Å². The van der Waals surface area contributed by atoms with Gasteiger partial charge >= 0.3 is 6.09 Å². The largest absolute Gasteiger partial charge is 0.427 e. The molecule has 220 valence electrons. The van der Waals surface area contributed by atoms with E-state index in [-0.39, 0.29) is 17.7 Å². The molecule has 40 heavy (non-hydrogen) atoms. The standard InChI is InChI=1S/C29H46N8O3/c1-17-11-13-19(14-12-17)16-37-22-23(30-18(2)20-8-6-9-20)31-25(26-34-28(38)40-35-26)32-24(22)33-27(37)36-15-7-10-21(36)29(3,4)39-5/h17-21,26,35H,6-16H2,1-5H3,(H,34,38)(H,30,31,32)/t17?,18-,19?,21?,26?/m1/s1. The summed E-state index contributed by atoms with van der Waals surface area (Å²) in [4.78, 5) is 34.4. The maximum Gasteiger partial charge on any atom is 0.427 e. The summed E-state index contributed by atoms with van der Waals surface area (Å²) in [6.07, 6.45) is 9.72. The first-order valence-corrected chi connectivity index (χ1v) is 15.3. The Kier molecular flexibility index (Phi) is 7.54. The zero-order valence-corrected chi connectivity index (χ0v) is 24.7. The van der Waals surface area contributed by atoms with Crippen molar-refractivity contribution in [1.82, 2.24) is 30.3 Å². The Morgan fingerprint density at radius 3 is 2.52 bits per heavy atom. The number of hydroxylamine groups is 1. The molecular weight excluding hydrogens is 508 g/mol. The van der Waals surface area contributed by atoms with Crippen molar-refractivity contribution in [3.8, 4) is 0 Å². The van der Waals surface area contributed by atoms with E-state index in [9.17, 15) is 4.79 Å². The van der Waals surface area contributed by atoms with E-state index in [4.69, 9.17) is 24.5 Å². The van der Waals surface area contributed by atoms with E-state index in [1.54, 1.807) is 7.11 Å². The van der Waals surface area contributed by atoms with Crippen LogP contribution in [0.15, 0.2) is 0 Å². The van der Waals surface area contributed by atoms with Gasteiger partial charge in [-0.3, -0.25) is 5.32 Å². The second kappa shape index (κ2) is 11.0. The van der Waals surface area contributed by atoms with Crippen molar-refractivity contribution >= 4 is 29.0 Å². The molecule has 3 N–H and O–H groups in total. The molecule has 0 radical (unpaired) electrons. The summed E-state index contributed by atoms with van der Waals surface area (Å²) < 4.78 is 8.39. The van der Waals surface area contributed by atoms with Gasteiger partial charge in [0.25, 0.3) is 0 Å². The van der Waals surface area contributed by atoms with Crippen LogP contribution in [0.5, 0.6) is 0 Å². The summed E-state index contributed by atoms with van der Waals surface area (Å²) in [6, 6.07) is 0.484. The predicted molar refractivity (Wildman–Crippen MR) is 154 cm³/mol. The Balaban J connectivity index is 1.47. The number of nitrogens with one attached hydrogen (secondary N) is 3. The topological polar surface area (TPSA) is 118 Å².